The number of methoxy groups -OCH3 is 3. The quantitative estimate of drug-likeness (QED) is 0.503. The molecule has 4 amide bonds. The molecule has 1 atom stereocenters. The molecule has 1 heterocycles. The van der Waals surface area contributed by atoms with Crippen LogP contribution in [0.2, 0.25) is 0 Å². The number of ether oxygens (including phenoxy) is 3. The third-order valence-corrected chi connectivity index (χ3v) is 4.24. The van der Waals surface area contributed by atoms with Crippen LogP contribution in [-0.2, 0) is 24.6 Å². The summed E-state index contributed by atoms with van der Waals surface area (Å²) in [5, 5.41) is 5.20. The van der Waals surface area contributed by atoms with Gasteiger partial charge in [-0.25, -0.2) is 4.79 Å². The first-order chi connectivity index (χ1) is 12.3. The maximum Gasteiger partial charge on any atom is 0.325 e. The van der Waals surface area contributed by atoms with Crippen LogP contribution in [-0.4, -0.2) is 63.5 Å². The third-order valence-electron chi connectivity index (χ3n) is 4.24. The highest BCUT2D eigenvalue weighted by Gasteiger charge is 2.49. The summed E-state index contributed by atoms with van der Waals surface area (Å²) in [6.07, 6.45) is -0.605. The van der Waals surface area contributed by atoms with Crippen molar-refractivity contribution in [2.24, 2.45) is 0 Å². The Morgan fingerprint density at radius 2 is 1.81 bits per heavy atom. The zero-order chi connectivity index (χ0) is 19.3. The molecule has 142 valence electrons. The van der Waals surface area contributed by atoms with Gasteiger partial charge in [-0.2, -0.15) is 0 Å². The van der Waals surface area contributed by atoms with Crippen molar-refractivity contribution >= 4 is 17.8 Å². The van der Waals surface area contributed by atoms with Gasteiger partial charge >= 0.3 is 6.03 Å². The van der Waals surface area contributed by atoms with E-state index in [1.54, 1.807) is 31.2 Å². The number of carbonyl (C=O) groups is 3. The maximum absolute atomic E-state index is 12.8. The van der Waals surface area contributed by atoms with Crippen LogP contribution in [0.15, 0.2) is 24.3 Å². The summed E-state index contributed by atoms with van der Waals surface area (Å²) in [5.74, 6) is -0.361. The minimum atomic E-state index is -1.24. The molecule has 1 aliphatic heterocycles. The minimum absolute atomic E-state index is 0.102. The summed E-state index contributed by atoms with van der Waals surface area (Å²) < 4.78 is 15.0. The lowest BCUT2D eigenvalue weighted by molar-refractivity contribution is -0.136. The minimum Gasteiger partial charge on any atom is -0.497 e. The van der Waals surface area contributed by atoms with Crippen LogP contribution in [0.25, 0.3) is 0 Å². The molecule has 9 nitrogen and oxygen atoms in total. The van der Waals surface area contributed by atoms with Crippen LogP contribution < -0.4 is 15.4 Å². The Kier molecular flexibility index (Phi) is 6.17. The van der Waals surface area contributed by atoms with E-state index in [0.717, 1.165) is 4.90 Å². The largest absolute Gasteiger partial charge is 0.497 e. The van der Waals surface area contributed by atoms with Gasteiger partial charge in [0.1, 0.15) is 17.8 Å². The van der Waals surface area contributed by atoms with Gasteiger partial charge in [-0.3, -0.25) is 14.5 Å². The molecule has 0 aliphatic carbocycles. The molecular formula is C17H23N3O6. The first-order valence-corrected chi connectivity index (χ1v) is 7.96. The number of carbonyl (C=O) groups excluding carboxylic acids is 3. The first kappa shape index (κ1) is 19.7. The molecule has 0 aromatic heterocycles. The number of urea groups is 1. The van der Waals surface area contributed by atoms with E-state index < -0.39 is 36.2 Å². The standard InChI is InChI=1S/C17H23N3O6/c1-17(11-5-7-12(24-2)8-6-11)15(22)20(16(23)19-17)10-13(21)18-9-14(25-3)26-4/h5-8,14H,9-10H2,1-4H3,(H,18,21)(H,19,23). The van der Waals surface area contributed by atoms with E-state index in [4.69, 9.17) is 14.2 Å². The highest BCUT2D eigenvalue weighted by molar-refractivity contribution is 6.09. The molecule has 0 spiro atoms. The molecule has 0 bridgehead atoms. The Morgan fingerprint density at radius 1 is 1.19 bits per heavy atom. The SMILES string of the molecule is COc1ccc(C2(C)NC(=O)N(CC(=O)NCC(OC)OC)C2=O)cc1. The molecule has 0 radical (unpaired) electrons. The van der Waals surface area contributed by atoms with Crippen LogP contribution in [0.3, 0.4) is 0 Å². The zero-order valence-corrected chi connectivity index (χ0v) is 15.2. The molecule has 2 N–H and O–H groups in total. The fourth-order valence-corrected chi connectivity index (χ4v) is 2.62. The second-order valence-corrected chi connectivity index (χ2v) is 5.88. The van der Waals surface area contributed by atoms with Crippen molar-refractivity contribution in [3.63, 3.8) is 0 Å². The average molecular weight is 365 g/mol. The van der Waals surface area contributed by atoms with Crippen molar-refractivity contribution in [3.8, 4) is 5.75 Å². The van der Waals surface area contributed by atoms with Gasteiger partial charge in [-0.15, -0.1) is 0 Å². The normalized spacial score (nSPS) is 19.7. The summed E-state index contributed by atoms with van der Waals surface area (Å²) in [7, 11) is 4.42. The third kappa shape index (κ3) is 3.94. The predicted molar refractivity (Wildman–Crippen MR) is 91.4 cm³/mol. The van der Waals surface area contributed by atoms with Crippen LogP contribution in [0, 0.1) is 0 Å². The Morgan fingerprint density at radius 3 is 2.35 bits per heavy atom. The fraction of sp³-hybridized carbons (Fsp3) is 0.471. The molecule has 2 rings (SSSR count). The number of nitrogens with zero attached hydrogens (tertiary/aromatic N) is 1. The number of amides is 4. The number of hydrogen-bond acceptors (Lipinski definition) is 6. The van der Waals surface area contributed by atoms with Gasteiger partial charge < -0.3 is 24.8 Å². The summed E-state index contributed by atoms with van der Waals surface area (Å²) in [6, 6.07) is 6.17. The van der Waals surface area contributed by atoms with Gasteiger partial charge in [0, 0.05) is 14.2 Å². The Labute approximate surface area is 151 Å². The lowest BCUT2D eigenvalue weighted by atomic mass is 9.92. The topological polar surface area (TPSA) is 106 Å². The van der Waals surface area contributed by atoms with E-state index in [1.165, 1.54) is 21.3 Å². The lowest BCUT2D eigenvalue weighted by Gasteiger charge is -2.22. The van der Waals surface area contributed by atoms with Crippen LogP contribution in [0.5, 0.6) is 5.75 Å². The molecule has 26 heavy (non-hydrogen) atoms. The first-order valence-electron chi connectivity index (χ1n) is 7.96. The monoisotopic (exact) mass is 365 g/mol. The average Bonchev–Trinajstić information content (AvgIpc) is 2.86. The Balaban J connectivity index is 2.06. The van der Waals surface area contributed by atoms with Crippen molar-refractivity contribution in [3.05, 3.63) is 29.8 Å². The number of nitrogens with one attached hydrogen (secondary N) is 2. The van der Waals surface area contributed by atoms with E-state index in [1.807, 2.05) is 0 Å². The molecule has 1 aromatic carbocycles. The molecule has 0 saturated carbocycles. The van der Waals surface area contributed by atoms with Gasteiger partial charge in [0.05, 0.1) is 13.7 Å². The Hall–Kier alpha value is -2.65. The number of hydrogen-bond donors (Lipinski definition) is 2. The number of rotatable bonds is 8. The smallest absolute Gasteiger partial charge is 0.325 e. The maximum atomic E-state index is 12.8. The van der Waals surface area contributed by atoms with Crippen molar-refractivity contribution in [2.75, 3.05) is 34.4 Å². The van der Waals surface area contributed by atoms with Crippen molar-refractivity contribution in [2.45, 2.75) is 18.8 Å². The van der Waals surface area contributed by atoms with Gasteiger partial charge in [-0.05, 0) is 24.6 Å². The Bertz CT molecular complexity index is 674. The number of imide groups is 1. The second kappa shape index (κ2) is 8.15. The summed E-state index contributed by atoms with van der Waals surface area (Å²) in [6.45, 7) is 1.31. The van der Waals surface area contributed by atoms with Crippen molar-refractivity contribution in [1.82, 2.24) is 15.5 Å². The summed E-state index contributed by atoms with van der Waals surface area (Å²) >= 11 is 0. The molecule has 1 fully saturated rings. The van der Waals surface area contributed by atoms with E-state index >= 15 is 0 Å². The molecular weight excluding hydrogens is 342 g/mol. The van der Waals surface area contributed by atoms with E-state index in [9.17, 15) is 14.4 Å². The molecule has 1 aromatic rings. The molecule has 1 aliphatic rings. The van der Waals surface area contributed by atoms with Crippen LogP contribution in [0.1, 0.15) is 12.5 Å². The highest BCUT2D eigenvalue weighted by atomic mass is 16.7. The van der Waals surface area contributed by atoms with E-state index in [0.29, 0.717) is 11.3 Å². The van der Waals surface area contributed by atoms with Gasteiger partial charge in [-0.1, -0.05) is 12.1 Å². The fourth-order valence-electron chi connectivity index (χ4n) is 2.62. The van der Waals surface area contributed by atoms with E-state index in [2.05, 4.69) is 10.6 Å². The van der Waals surface area contributed by atoms with Crippen molar-refractivity contribution in [1.29, 1.82) is 0 Å². The lowest BCUT2D eigenvalue weighted by Crippen LogP contribution is -2.44. The van der Waals surface area contributed by atoms with Crippen LogP contribution in [0.4, 0.5) is 4.79 Å². The molecule has 1 saturated heterocycles. The van der Waals surface area contributed by atoms with Crippen LogP contribution >= 0.6 is 0 Å². The molecule has 9 heteroatoms. The van der Waals surface area contributed by atoms with Gasteiger partial charge in [0.2, 0.25) is 5.91 Å². The second-order valence-electron chi connectivity index (χ2n) is 5.88. The molecule has 1 unspecified atom stereocenters. The highest BCUT2D eigenvalue weighted by Crippen LogP contribution is 2.29. The predicted octanol–water partition coefficient (Wildman–Crippen LogP) is 0.197. The summed E-state index contributed by atoms with van der Waals surface area (Å²) in [5.41, 5.74) is -0.649. The number of benzene rings is 1. The summed E-state index contributed by atoms with van der Waals surface area (Å²) in [4.78, 5) is 37.9. The van der Waals surface area contributed by atoms with Gasteiger partial charge in [0.15, 0.2) is 6.29 Å². The van der Waals surface area contributed by atoms with Gasteiger partial charge in [0.25, 0.3) is 5.91 Å². The van der Waals surface area contributed by atoms with Crippen molar-refractivity contribution < 1.29 is 28.6 Å². The van der Waals surface area contributed by atoms with E-state index in [-0.39, 0.29) is 6.54 Å². The zero-order valence-electron chi connectivity index (χ0n) is 15.2.